The van der Waals surface area contributed by atoms with E-state index in [0.29, 0.717) is 5.25 Å². The first-order valence-electron chi connectivity index (χ1n) is 3.38. The summed E-state index contributed by atoms with van der Waals surface area (Å²) in [6.07, 6.45) is 1.17. The first-order valence-corrected chi connectivity index (χ1v) is 5.87. The molecule has 1 aromatic rings. The van der Waals surface area contributed by atoms with Crippen LogP contribution >= 0.6 is 39.0 Å². The van der Waals surface area contributed by atoms with Gasteiger partial charge in [-0.05, 0) is 22.4 Å². The van der Waals surface area contributed by atoms with E-state index in [0.717, 1.165) is 8.26 Å². The van der Waals surface area contributed by atoms with Crippen LogP contribution < -0.4 is 0 Å². The molecule has 0 radical (unpaired) electrons. The highest BCUT2D eigenvalue weighted by Crippen LogP contribution is 2.29. The van der Waals surface area contributed by atoms with Gasteiger partial charge >= 0.3 is 0 Å². The molecule has 0 aliphatic rings. The SMILES string of the molecule is CCC(C)Sc1nnc(Br)s1. The second kappa shape index (κ2) is 4.42. The summed E-state index contributed by atoms with van der Waals surface area (Å²) >= 11 is 6.64. The Balaban J connectivity index is 2.50. The molecule has 11 heavy (non-hydrogen) atoms. The third-order valence-corrected chi connectivity index (χ3v) is 3.97. The smallest absolute Gasteiger partial charge is 0.131 e. The fourth-order valence-corrected chi connectivity index (χ4v) is 3.19. The molecule has 0 saturated carbocycles. The molecule has 0 aliphatic heterocycles. The summed E-state index contributed by atoms with van der Waals surface area (Å²) in [7, 11) is 0. The van der Waals surface area contributed by atoms with Gasteiger partial charge < -0.3 is 0 Å². The van der Waals surface area contributed by atoms with Crippen molar-refractivity contribution in [3.05, 3.63) is 3.92 Å². The zero-order chi connectivity index (χ0) is 8.27. The molecule has 0 bridgehead atoms. The van der Waals surface area contributed by atoms with Gasteiger partial charge in [-0.3, -0.25) is 0 Å². The van der Waals surface area contributed by atoms with E-state index >= 15 is 0 Å². The number of rotatable bonds is 3. The van der Waals surface area contributed by atoms with Crippen molar-refractivity contribution in [3.8, 4) is 0 Å². The van der Waals surface area contributed by atoms with Crippen molar-refractivity contribution in [3.63, 3.8) is 0 Å². The Labute approximate surface area is 82.9 Å². The molecule has 2 nitrogen and oxygen atoms in total. The van der Waals surface area contributed by atoms with E-state index in [-0.39, 0.29) is 0 Å². The molecule has 1 heterocycles. The molecule has 0 fully saturated rings. The largest absolute Gasteiger partial charge is 0.184 e. The lowest BCUT2D eigenvalue weighted by atomic mass is 10.4. The van der Waals surface area contributed by atoms with Crippen molar-refractivity contribution in [1.82, 2.24) is 10.2 Å². The van der Waals surface area contributed by atoms with Crippen LogP contribution in [0, 0.1) is 0 Å². The van der Waals surface area contributed by atoms with Crippen molar-refractivity contribution >= 4 is 39.0 Å². The van der Waals surface area contributed by atoms with Crippen LogP contribution in [0.25, 0.3) is 0 Å². The average molecular weight is 253 g/mol. The van der Waals surface area contributed by atoms with Crippen molar-refractivity contribution < 1.29 is 0 Å². The minimum absolute atomic E-state index is 0.634. The molecule has 0 spiro atoms. The number of thioether (sulfide) groups is 1. The number of halogens is 1. The molecule has 1 aromatic heterocycles. The third-order valence-electron chi connectivity index (χ3n) is 1.26. The van der Waals surface area contributed by atoms with Crippen LogP contribution in [-0.2, 0) is 0 Å². The van der Waals surface area contributed by atoms with Gasteiger partial charge in [-0.2, -0.15) is 0 Å². The molecule has 0 N–H and O–H groups in total. The van der Waals surface area contributed by atoms with E-state index in [1.807, 2.05) is 0 Å². The lowest BCUT2D eigenvalue weighted by Crippen LogP contribution is -1.90. The van der Waals surface area contributed by atoms with Gasteiger partial charge in [-0.1, -0.05) is 36.9 Å². The summed E-state index contributed by atoms with van der Waals surface area (Å²) < 4.78 is 1.91. The Kier molecular flexibility index (Phi) is 3.81. The van der Waals surface area contributed by atoms with Crippen LogP contribution in [0.4, 0.5) is 0 Å². The van der Waals surface area contributed by atoms with E-state index < -0.39 is 0 Å². The molecule has 0 aromatic carbocycles. The minimum atomic E-state index is 0.634. The summed E-state index contributed by atoms with van der Waals surface area (Å²) in [6.45, 7) is 4.37. The zero-order valence-corrected chi connectivity index (χ0v) is 9.59. The van der Waals surface area contributed by atoms with Gasteiger partial charge in [0.25, 0.3) is 0 Å². The van der Waals surface area contributed by atoms with E-state index in [9.17, 15) is 0 Å². The van der Waals surface area contributed by atoms with E-state index in [1.165, 1.54) is 6.42 Å². The molecular formula is C6H9BrN2S2. The number of nitrogens with zero attached hydrogens (tertiary/aromatic N) is 2. The van der Waals surface area contributed by atoms with Crippen molar-refractivity contribution in [2.45, 2.75) is 29.9 Å². The molecule has 1 rings (SSSR count). The number of hydrogen-bond donors (Lipinski definition) is 0. The van der Waals surface area contributed by atoms with E-state index in [2.05, 4.69) is 40.0 Å². The Bertz CT molecular complexity index is 226. The predicted molar refractivity (Wildman–Crippen MR) is 53.2 cm³/mol. The molecule has 1 atom stereocenters. The maximum Gasteiger partial charge on any atom is 0.184 e. The summed E-state index contributed by atoms with van der Waals surface area (Å²) in [6, 6.07) is 0. The third kappa shape index (κ3) is 3.09. The van der Waals surface area contributed by atoms with Crippen LogP contribution in [0.1, 0.15) is 20.3 Å². The fraction of sp³-hybridized carbons (Fsp3) is 0.667. The fourth-order valence-electron chi connectivity index (χ4n) is 0.496. The highest BCUT2D eigenvalue weighted by atomic mass is 79.9. The Hall–Kier alpha value is 0.390. The van der Waals surface area contributed by atoms with Gasteiger partial charge in [0.2, 0.25) is 0 Å². The lowest BCUT2D eigenvalue weighted by molar-refractivity contribution is 0.899. The van der Waals surface area contributed by atoms with Crippen molar-refractivity contribution in [2.75, 3.05) is 0 Å². The molecule has 5 heteroatoms. The van der Waals surface area contributed by atoms with Gasteiger partial charge in [0, 0.05) is 5.25 Å². The van der Waals surface area contributed by atoms with Gasteiger partial charge in [0.05, 0.1) is 0 Å². The molecule has 0 aliphatic carbocycles. The number of hydrogen-bond acceptors (Lipinski definition) is 4. The maximum atomic E-state index is 3.99. The van der Waals surface area contributed by atoms with E-state index in [4.69, 9.17) is 0 Å². The van der Waals surface area contributed by atoms with Crippen LogP contribution in [-0.4, -0.2) is 15.4 Å². The summed E-state index contributed by atoms with van der Waals surface area (Å²) in [5, 5.41) is 8.49. The monoisotopic (exact) mass is 252 g/mol. The lowest BCUT2D eigenvalue weighted by Gasteiger charge is -2.02. The van der Waals surface area contributed by atoms with Gasteiger partial charge in [0.15, 0.2) is 8.26 Å². The van der Waals surface area contributed by atoms with Gasteiger partial charge in [0.1, 0.15) is 0 Å². The maximum absolute atomic E-state index is 3.99. The van der Waals surface area contributed by atoms with Crippen LogP contribution in [0.5, 0.6) is 0 Å². The Morgan fingerprint density at radius 3 is 2.82 bits per heavy atom. The zero-order valence-electron chi connectivity index (χ0n) is 6.37. The summed E-state index contributed by atoms with van der Waals surface area (Å²) in [4.78, 5) is 0. The number of aromatic nitrogens is 2. The predicted octanol–water partition coefficient (Wildman–Crippen LogP) is 3.19. The quantitative estimate of drug-likeness (QED) is 0.773. The second-order valence-corrected chi connectivity index (χ2v) is 6.10. The highest BCUT2D eigenvalue weighted by molar-refractivity contribution is 9.11. The Morgan fingerprint density at radius 1 is 1.64 bits per heavy atom. The van der Waals surface area contributed by atoms with Crippen molar-refractivity contribution in [2.24, 2.45) is 0 Å². The standard InChI is InChI=1S/C6H9BrN2S2/c1-3-4(2)10-6-9-8-5(7)11-6/h4H,3H2,1-2H3. The molecular weight excluding hydrogens is 244 g/mol. The topological polar surface area (TPSA) is 25.8 Å². The molecule has 0 amide bonds. The molecule has 1 unspecified atom stereocenters. The van der Waals surface area contributed by atoms with Crippen LogP contribution in [0.15, 0.2) is 8.26 Å². The average Bonchev–Trinajstić information content (AvgIpc) is 2.35. The first kappa shape index (κ1) is 9.48. The summed E-state index contributed by atoms with van der Waals surface area (Å²) in [5.74, 6) is 0. The van der Waals surface area contributed by atoms with E-state index in [1.54, 1.807) is 23.1 Å². The highest BCUT2D eigenvalue weighted by Gasteiger charge is 2.05. The van der Waals surface area contributed by atoms with Gasteiger partial charge in [-0.25, -0.2) is 0 Å². The van der Waals surface area contributed by atoms with Crippen LogP contribution in [0.3, 0.4) is 0 Å². The molecule has 62 valence electrons. The van der Waals surface area contributed by atoms with Crippen LogP contribution in [0.2, 0.25) is 0 Å². The summed E-state index contributed by atoms with van der Waals surface area (Å²) in [5.41, 5.74) is 0. The molecule has 0 saturated heterocycles. The van der Waals surface area contributed by atoms with Crippen molar-refractivity contribution in [1.29, 1.82) is 0 Å². The van der Waals surface area contributed by atoms with Gasteiger partial charge in [-0.15, -0.1) is 10.2 Å². The minimum Gasteiger partial charge on any atom is -0.131 e. The Morgan fingerprint density at radius 2 is 2.36 bits per heavy atom. The second-order valence-electron chi connectivity index (χ2n) is 2.16. The first-order chi connectivity index (χ1) is 5.22. The normalized spacial score (nSPS) is 13.4.